The van der Waals surface area contributed by atoms with Gasteiger partial charge in [-0.2, -0.15) is 0 Å². The molecule has 0 aliphatic carbocycles. The minimum Gasteiger partial charge on any atom is -0.406 e. The molecule has 2 N–H and O–H groups in total. The molecule has 0 radical (unpaired) electrons. The Morgan fingerprint density at radius 2 is 1.83 bits per heavy atom. The Morgan fingerprint density at radius 3 is 2.55 bits per heavy atom. The van der Waals surface area contributed by atoms with E-state index in [0.29, 0.717) is 5.92 Å². The summed E-state index contributed by atoms with van der Waals surface area (Å²) in [5.41, 5.74) is 5.89. The van der Waals surface area contributed by atoms with Gasteiger partial charge in [-0.1, -0.05) is 44.2 Å². The number of anilines is 1. The fourth-order valence-electron chi connectivity index (χ4n) is 5.70. The third-order valence-corrected chi connectivity index (χ3v) is 8.83. The third kappa shape index (κ3) is 7.47. The molecule has 1 fully saturated rings. The van der Waals surface area contributed by atoms with Crippen LogP contribution >= 0.6 is 22.6 Å². The maximum absolute atomic E-state index is 13.0. The van der Waals surface area contributed by atoms with E-state index in [4.69, 9.17) is 0 Å². The molecule has 0 unspecified atom stereocenters. The summed E-state index contributed by atoms with van der Waals surface area (Å²) in [5.74, 6) is 0.194. The maximum atomic E-state index is 13.0. The molecule has 0 saturated carbocycles. The Labute approximate surface area is 258 Å². The van der Waals surface area contributed by atoms with Crippen LogP contribution in [0, 0.1) is 9.49 Å². The number of carbonyl (C=O) groups excluding carboxylic acids is 1. The number of halogens is 4. The van der Waals surface area contributed by atoms with Gasteiger partial charge in [0.15, 0.2) is 0 Å². The van der Waals surface area contributed by atoms with Gasteiger partial charge in [0, 0.05) is 31.6 Å². The van der Waals surface area contributed by atoms with Crippen LogP contribution in [0.15, 0.2) is 66.7 Å². The lowest BCUT2D eigenvalue weighted by molar-refractivity contribution is -0.274. The zero-order valence-electron chi connectivity index (χ0n) is 23.7. The number of hydrogen-bond donors (Lipinski definition) is 2. The van der Waals surface area contributed by atoms with Crippen LogP contribution in [0.5, 0.6) is 5.75 Å². The van der Waals surface area contributed by atoms with Crippen LogP contribution < -0.4 is 10.1 Å². The Morgan fingerprint density at radius 1 is 1.07 bits per heavy atom. The van der Waals surface area contributed by atoms with E-state index in [9.17, 15) is 18.0 Å². The third-order valence-electron chi connectivity index (χ3n) is 7.89. The molecule has 1 aromatic heterocycles. The molecule has 42 heavy (non-hydrogen) atoms. The van der Waals surface area contributed by atoms with Crippen molar-refractivity contribution in [2.75, 3.05) is 25.0 Å². The summed E-state index contributed by atoms with van der Waals surface area (Å²) >= 11 is 2.30. The van der Waals surface area contributed by atoms with Crippen molar-refractivity contribution >= 4 is 45.1 Å². The summed E-state index contributed by atoms with van der Waals surface area (Å²) in [6.45, 7) is 6.64. The van der Waals surface area contributed by atoms with Crippen molar-refractivity contribution in [3.05, 3.63) is 81.4 Å². The van der Waals surface area contributed by atoms with Gasteiger partial charge < -0.3 is 19.9 Å². The van der Waals surface area contributed by atoms with Gasteiger partial charge in [0.25, 0.3) is 0 Å². The molecule has 3 aromatic carbocycles. The number of carbonyl (C=O) groups is 1. The standard InChI is InChI=1S/C33H35F3IN3O2/c1-21(2)32(41)38-24-8-5-7-23(19-24)22-14-17-40(18-15-22)16-6-10-26-28-20-25(42-33(34,35)36)12-13-30(28)39-31(26)27-9-3-4-11-29(27)37/h3-5,7-9,11-13,19-22,39H,6,10,14-18H2,1-2H3,(H,38,41). The monoisotopic (exact) mass is 689 g/mol. The van der Waals surface area contributed by atoms with E-state index in [1.165, 1.54) is 17.7 Å². The van der Waals surface area contributed by atoms with Crippen LogP contribution in [0.3, 0.4) is 0 Å². The quantitative estimate of drug-likeness (QED) is 0.173. The molecular formula is C33H35F3IN3O2. The number of ether oxygens (including phenoxy) is 1. The van der Waals surface area contributed by atoms with Crippen LogP contribution in [0.25, 0.3) is 22.2 Å². The molecule has 1 saturated heterocycles. The Balaban J connectivity index is 1.26. The second-order valence-corrected chi connectivity index (χ2v) is 12.4. The normalized spacial score (nSPS) is 14.9. The molecule has 1 aliphatic rings. The molecule has 0 atom stereocenters. The number of amides is 1. The van der Waals surface area contributed by atoms with E-state index in [0.717, 1.165) is 82.3 Å². The predicted molar refractivity (Wildman–Crippen MR) is 170 cm³/mol. The molecule has 222 valence electrons. The first-order valence-corrected chi connectivity index (χ1v) is 15.4. The molecule has 1 aliphatic heterocycles. The number of alkyl halides is 3. The van der Waals surface area contributed by atoms with Crippen LogP contribution in [-0.2, 0) is 11.2 Å². The molecule has 5 rings (SSSR count). The number of aromatic amines is 1. The number of aromatic nitrogens is 1. The van der Waals surface area contributed by atoms with E-state index in [2.05, 4.69) is 54.7 Å². The highest BCUT2D eigenvalue weighted by molar-refractivity contribution is 14.1. The first kappa shape index (κ1) is 30.4. The van der Waals surface area contributed by atoms with Crippen molar-refractivity contribution in [3.63, 3.8) is 0 Å². The predicted octanol–water partition coefficient (Wildman–Crippen LogP) is 8.74. The van der Waals surface area contributed by atoms with Gasteiger partial charge in [-0.3, -0.25) is 4.79 Å². The van der Waals surface area contributed by atoms with Crippen molar-refractivity contribution in [3.8, 4) is 17.0 Å². The topological polar surface area (TPSA) is 57.4 Å². The molecule has 9 heteroatoms. The summed E-state index contributed by atoms with van der Waals surface area (Å²) in [6, 6.07) is 20.7. The van der Waals surface area contributed by atoms with Crippen LogP contribution in [0.2, 0.25) is 0 Å². The summed E-state index contributed by atoms with van der Waals surface area (Å²) in [5, 5.41) is 3.76. The highest BCUT2D eigenvalue weighted by atomic mass is 127. The fourth-order valence-corrected chi connectivity index (χ4v) is 6.36. The van der Waals surface area contributed by atoms with E-state index in [-0.39, 0.29) is 17.6 Å². The summed E-state index contributed by atoms with van der Waals surface area (Å²) in [6.07, 6.45) is -1.04. The summed E-state index contributed by atoms with van der Waals surface area (Å²) in [7, 11) is 0. The van der Waals surface area contributed by atoms with E-state index in [1.54, 1.807) is 6.07 Å². The molecule has 0 spiro atoms. The number of likely N-dealkylation sites (tertiary alicyclic amines) is 1. The van der Waals surface area contributed by atoms with Crippen molar-refractivity contribution in [2.45, 2.75) is 51.8 Å². The van der Waals surface area contributed by atoms with Crippen LogP contribution in [0.4, 0.5) is 18.9 Å². The van der Waals surface area contributed by atoms with Crippen molar-refractivity contribution in [1.29, 1.82) is 0 Å². The number of fused-ring (bicyclic) bond motifs is 1. The minimum atomic E-state index is -4.74. The second-order valence-electron chi connectivity index (χ2n) is 11.2. The summed E-state index contributed by atoms with van der Waals surface area (Å²) in [4.78, 5) is 18.1. The number of nitrogens with one attached hydrogen (secondary N) is 2. The minimum absolute atomic E-state index is 0.0198. The first-order chi connectivity index (χ1) is 20.1. The molecule has 1 amide bonds. The van der Waals surface area contributed by atoms with Crippen molar-refractivity contribution in [2.24, 2.45) is 5.92 Å². The van der Waals surface area contributed by atoms with E-state index in [1.807, 2.05) is 50.2 Å². The van der Waals surface area contributed by atoms with Gasteiger partial charge in [0.05, 0.1) is 5.69 Å². The lowest BCUT2D eigenvalue weighted by Gasteiger charge is -2.32. The van der Waals surface area contributed by atoms with E-state index < -0.39 is 6.36 Å². The average Bonchev–Trinajstić information content (AvgIpc) is 3.30. The van der Waals surface area contributed by atoms with Gasteiger partial charge in [-0.25, -0.2) is 0 Å². The van der Waals surface area contributed by atoms with Gasteiger partial charge in [-0.15, -0.1) is 13.2 Å². The number of piperidine rings is 1. The van der Waals surface area contributed by atoms with Crippen molar-refractivity contribution in [1.82, 2.24) is 9.88 Å². The van der Waals surface area contributed by atoms with Crippen LogP contribution in [0.1, 0.15) is 50.2 Å². The van der Waals surface area contributed by atoms with E-state index >= 15 is 0 Å². The zero-order valence-corrected chi connectivity index (χ0v) is 25.9. The maximum Gasteiger partial charge on any atom is 0.573 e. The average molecular weight is 690 g/mol. The molecular weight excluding hydrogens is 654 g/mol. The molecule has 0 bridgehead atoms. The number of H-pyrrole nitrogens is 1. The van der Waals surface area contributed by atoms with Gasteiger partial charge in [0.1, 0.15) is 5.75 Å². The fraction of sp³-hybridized carbons (Fsp3) is 0.364. The highest BCUT2D eigenvalue weighted by Gasteiger charge is 2.31. The van der Waals surface area contributed by atoms with Gasteiger partial charge >= 0.3 is 6.36 Å². The number of rotatable bonds is 9. The molecule has 4 aromatic rings. The van der Waals surface area contributed by atoms with Crippen LogP contribution in [-0.4, -0.2) is 41.8 Å². The first-order valence-electron chi connectivity index (χ1n) is 14.4. The molecule has 5 nitrogen and oxygen atoms in total. The highest BCUT2D eigenvalue weighted by Crippen LogP contribution is 2.37. The summed E-state index contributed by atoms with van der Waals surface area (Å²) < 4.78 is 44.2. The SMILES string of the molecule is CC(C)C(=O)Nc1cccc(C2CCN(CCCc3c(-c4ccccc4I)[nH]c4ccc(OC(F)(F)F)cc34)CC2)c1. The number of benzene rings is 3. The smallest absolute Gasteiger partial charge is 0.406 e. The Kier molecular flexibility index (Phi) is 9.47. The lowest BCUT2D eigenvalue weighted by Crippen LogP contribution is -2.33. The van der Waals surface area contributed by atoms with Gasteiger partial charge in [-0.05, 0) is 121 Å². The largest absolute Gasteiger partial charge is 0.573 e. The van der Waals surface area contributed by atoms with Crippen molar-refractivity contribution < 1.29 is 22.7 Å². The Bertz CT molecular complexity index is 1540. The Hall–Kier alpha value is -3.05. The zero-order chi connectivity index (χ0) is 29.9. The molecule has 2 heterocycles. The number of nitrogens with zero attached hydrogens (tertiary/aromatic N) is 1. The lowest BCUT2D eigenvalue weighted by atomic mass is 9.89. The second kappa shape index (κ2) is 13.1. The van der Waals surface area contributed by atoms with Gasteiger partial charge in [0.2, 0.25) is 5.91 Å². The number of hydrogen-bond acceptors (Lipinski definition) is 3. The number of aryl methyl sites for hydroxylation is 1.